The van der Waals surface area contributed by atoms with E-state index in [0.29, 0.717) is 25.3 Å². The van der Waals surface area contributed by atoms with E-state index in [1.165, 1.54) is 7.05 Å². The van der Waals surface area contributed by atoms with Gasteiger partial charge in [0.15, 0.2) is 0 Å². The number of aromatic nitrogens is 3. The maximum atomic E-state index is 13.4. The molecule has 2 aromatic heterocycles. The monoisotopic (exact) mass is 463 g/mol. The Morgan fingerprint density at radius 3 is 2.53 bits per heavy atom. The molecule has 0 saturated carbocycles. The van der Waals surface area contributed by atoms with Crippen LogP contribution in [-0.2, 0) is 23.1 Å². The molecule has 0 spiro atoms. The van der Waals surface area contributed by atoms with Crippen molar-refractivity contribution in [2.45, 2.75) is 51.1 Å². The van der Waals surface area contributed by atoms with Crippen molar-refractivity contribution in [3.8, 4) is 0 Å². The van der Waals surface area contributed by atoms with Crippen LogP contribution in [0.2, 0.25) is 0 Å². The van der Waals surface area contributed by atoms with Gasteiger partial charge in [-0.1, -0.05) is 50.2 Å². The van der Waals surface area contributed by atoms with Crippen molar-refractivity contribution in [3.63, 3.8) is 0 Å². The molecule has 1 aromatic carbocycles. The first-order chi connectivity index (χ1) is 16.3. The molecule has 3 aromatic rings. The zero-order valence-corrected chi connectivity index (χ0v) is 19.6. The first kappa shape index (κ1) is 23.4. The molecule has 34 heavy (non-hydrogen) atoms. The lowest BCUT2D eigenvalue weighted by atomic mass is 10.00. The molecule has 0 unspecified atom stereocenters. The Hall–Kier alpha value is -3.75. The quantitative estimate of drug-likeness (QED) is 0.576. The van der Waals surface area contributed by atoms with Gasteiger partial charge in [-0.25, -0.2) is 4.79 Å². The van der Waals surface area contributed by atoms with Gasteiger partial charge >= 0.3 is 5.76 Å². The van der Waals surface area contributed by atoms with Gasteiger partial charge in [-0.2, -0.15) is 4.68 Å². The van der Waals surface area contributed by atoms with Crippen molar-refractivity contribution in [3.05, 3.63) is 81.9 Å². The standard InChI is InChI=1S/C25H29N5O4/c1-16(2)18-11-12-19(26-15-18)23(17-8-5-4-6-9-17)27-24(32)20-10-7-13-30(20)22(31)14-21-28-29(3)25(33)34-21/h4-6,8-9,11-12,15-16,20,23H,7,10,13-14H2,1-3H3,(H,27,32)/t20-,23-/m0/s1. The Bertz CT molecular complexity index is 1200. The van der Waals surface area contributed by atoms with Gasteiger partial charge in [-0.3, -0.25) is 14.6 Å². The molecule has 3 heterocycles. The highest BCUT2D eigenvalue weighted by atomic mass is 16.4. The lowest BCUT2D eigenvalue weighted by Crippen LogP contribution is -2.47. The lowest BCUT2D eigenvalue weighted by molar-refractivity contribution is -0.138. The van der Waals surface area contributed by atoms with Gasteiger partial charge in [0.1, 0.15) is 12.5 Å². The highest BCUT2D eigenvalue weighted by Gasteiger charge is 2.36. The first-order valence-electron chi connectivity index (χ1n) is 11.5. The van der Waals surface area contributed by atoms with Crippen LogP contribution in [0.25, 0.3) is 0 Å². The number of likely N-dealkylation sites (tertiary alicyclic amines) is 1. The van der Waals surface area contributed by atoms with Crippen LogP contribution in [0.1, 0.15) is 61.4 Å². The molecule has 0 aliphatic carbocycles. The van der Waals surface area contributed by atoms with E-state index in [1.807, 2.05) is 48.7 Å². The summed E-state index contributed by atoms with van der Waals surface area (Å²) in [5.74, 6) is -0.764. The SMILES string of the molecule is CC(C)c1ccc([C@@H](NC(=O)[C@@H]2CCCN2C(=O)Cc2nn(C)c(=O)o2)c2ccccc2)nc1. The maximum absolute atomic E-state index is 13.4. The molecule has 9 nitrogen and oxygen atoms in total. The van der Waals surface area contributed by atoms with Gasteiger partial charge in [0.2, 0.25) is 17.7 Å². The third-order valence-electron chi connectivity index (χ3n) is 6.10. The summed E-state index contributed by atoms with van der Waals surface area (Å²) in [7, 11) is 1.46. The predicted molar refractivity (Wildman–Crippen MR) is 125 cm³/mol. The van der Waals surface area contributed by atoms with Crippen LogP contribution in [0.4, 0.5) is 0 Å². The van der Waals surface area contributed by atoms with Crippen molar-refractivity contribution >= 4 is 11.8 Å². The third kappa shape index (κ3) is 5.08. The van der Waals surface area contributed by atoms with Crippen LogP contribution in [0, 0.1) is 0 Å². The molecule has 178 valence electrons. The summed E-state index contributed by atoms with van der Waals surface area (Å²) in [6.45, 7) is 4.68. The van der Waals surface area contributed by atoms with Gasteiger partial charge in [0, 0.05) is 19.8 Å². The fourth-order valence-corrected chi connectivity index (χ4v) is 4.18. The number of pyridine rings is 1. The Labute approximate surface area is 197 Å². The van der Waals surface area contributed by atoms with E-state index in [9.17, 15) is 14.4 Å². The Balaban J connectivity index is 1.53. The topological polar surface area (TPSA) is 110 Å². The summed E-state index contributed by atoms with van der Waals surface area (Å²) in [4.78, 5) is 44.0. The number of amides is 2. The lowest BCUT2D eigenvalue weighted by Gasteiger charge is -2.26. The van der Waals surface area contributed by atoms with E-state index in [-0.39, 0.29) is 24.1 Å². The molecule has 1 N–H and O–H groups in total. The number of rotatable bonds is 7. The number of nitrogens with zero attached hydrogens (tertiary/aromatic N) is 4. The van der Waals surface area contributed by atoms with Gasteiger partial charge in [0.05, 0.1) is 11.7 Å². The van der Waals surface area contributed by atoms with Gasteiger partial charge in [-0.05, 0) is 36.0 Å². The fourth-order valence-electron chi connectivity index (χ4n) is 4.18. The summed E-state index contributed by atoms with van der Waals surface area (Å²) >= 11 is 0. The molecule has 1 aliphatic rings. The van der Waals surface area contributed by atoms with E-state index in [0.717, 1.165) is 21.5 Å². The van der Waals surface area contributed by atoms with E-state index in [2.05, 4.69) is 29.2 Å². The summed E-state index contributed by atoms with van der Waals surface area (Å²) in [5.41, 5.74) is 2.76. The molecule has 1 saturated heterocycles. The van der Waals surface area contributed by atoms with Gasteiger partial charge in [0.25, 0.3) is 0 Å². The van der Waals surface area contributed by atoms with Crippen molar-refractivity contribution in [1.82, 2.24) is 25.0 Å². The molecule has 9 heteroatoms. The van der Waals surface area contributed by atoms with Crippen molar-refractivity contribution < 1.29 is 14.0 Å². The third-order valence-corrected chi connectivity index (χ3v) is 6.10. The van der Waals surface area contributed by atoms with E-state index >= 15 is 0 Å². The van der Waals surface area contributed by atoms with Crippen LogP contribution in [0.15, 0.2) is 57.9 Å². The predicted octanol–water partition coefficient (Wildman–Crippen LogP) is 2.33. The molecule has 2 amide bonds. The first-order valence-corrected chi connectivity index (χ1v) is 11.5. The zero-order chi connectivity index (χ0) is 24.2. The fraction of sp³-hybridized carbons (Fsp3) is 0.400. The molecule has 0 radical (unpaired) electrons. The number of nitrogens with one attached hydrogen (secondary N) is 1. The Kier molecular flexibility index (Phi) is 6.90. The van der Waals surface area contributed by atoms with E-state index in [4.69, 9.17) is 4.42 Å². The average Bonchev–Trinajstić information content (AvgIpc) is 3.44. The molecule has 2 atom stereocenters. The summed E-state index contributed by atoms with van der Waals surface area (Å²) in [6, 6.07) is 12.6. The largest absolute Gasteiger partial charge is 0.436 e. The minimum atomic E-state index is -0.625. The van der Waals surface area contributed by atoms with Crippen molar-refractivity contribution in [2.24, 2.45) is 7.05 Å². The number of hydrogen-bond acceptors (Lipinski definition) is 6. The number of aryl methyl sites for hydroxylation is 1. The number of carbonyl (C=O) groups is 2. The highest BCUT2D eigenvalue weighted by molar-refractivity contribution is 5.89. The van der Waals surface area contributed by atoms with Crippen molar-refractivity contribution in [2.75, 3.05) is 6.54 Å². The molecular weight excluding hydrogens is 434 g/mol. The molecule has 4 rings (SSSR count). The smallest absolute Gasteiger partial charge is 0.392 e. The molecule has 1 aliphatic heterocycles. The van der Waals surface area contributed by atoms with Gasteiger partial charge < -0.3 is 14.6 Å². The molecule has 1 fully saturated rings. The summed E-state index contributed by atoms with van der Waals surface area (Å²) < 4.78 is 6.03. The number of hydrogen-bond donors (Lipinski definition) is 1. The second-order valence-electron chi connectivity index (χ2n) is 8.83. The molecule has 0 bridgehead atoms. The number of carbonyl (C=O) groups excluding carboxylic acids is 2. The normalized spacial score (nSPS) is 16.6. The minimum Gasteiger partial charge on any atom is -0.392 e. The van der Waals surface area contributed by atoms with Gasteiger partial charge in [-0.15, -0.1) is 5.10 Å². The van der Waals surface area contributed by atoms with Crippen LogP contribution in [-0.4, -0.2) is 44.1 Å². The number of benzene rings is 1. The van der Waals surface area contributed by atoms with E-state index < -0.39 is 17.8 Å². The van der Waals surface area contributed by atoms with Crippen LogP contribution in [0.5, 0.6) is 0 Å². The minimum absolute atomic E-state index is 0.0418. The van der Waals surface area contributed by atoms with Crippen LogP contribution >= 0.6 is 0 Å². The second kappa shape index (κ2) is 10.0. The van der Waals surface area contributed by atoms with Crippen LogP contribution < -0.4 is 11.1 Å². The Morgan fingerprint density at radius 1 is 1.15 bits per heavy atom. The van der Waals surface area contributed by atoms with E-state index in [1.54, 1.807) is 4.90 Å². The molecular formula is C25H29N5O4. The summed E-state index contributed by atoms with van der Waals surface area (Å²) in [6.07, 6.45) is 2.95. The average molecular weight is 464 g/mol. The maximum Gasteiger partial charge on any atom is 0.436 e. The zero-order valence-electron chi connectivity index (χ0n) is 19.6. The highest BCUT2D eigenvalue weighted by Crippen LogP contribution is 2.25. The van der Waals surface area contributed by atoms with Crippen molar-refractivity contribution in [1.29, 1.82) is 0 Å². The Morgan fingerprint density at radius 2 is 1.91 bits per heavy atom. The van der Waals surface area contributed by atoms with Crippen LogP contribution in [0.3, 0.4) is 0 Å². The summed E-state index contributed by atoms with van der Waals surface area (Å²) in [5, 5.41) is 7.03. The second-order valence-corrected chi connectivity index (χ2v) is 8.83.